The molecule has 2 aromatic rings. The highest BCUT2D eigenvalue weighted by atomic mass is 19.4. The van der Waals surface area contributed by atoms with E-state index in [-0.39, 0.29) is 24.2 Å². The molecule has 24 heavy (non-hydrogen) atoms. The number of aliphatic hydroxyl groups excluding tert-OH is 1. The SMILES string of the molecule is CN(Cc1cn(C)nc1C(F)(F)F)CC(O)c1cc(F)ccc1F. The second-order valence-corrected chi connectivity index (χ2v) is 5.55. The molecule has 9 heteroatoms. The molecule has 4 nitrogen and oxygen atoms in total. The largest absolute Gasteiger partial charge is 0.435 e. The number of aliphatic hydroxyl groups is 1. The maximum atomic E-state index is 13.6. The average molecular weight is 349 g/mol. The van der Waals surface area contributed by atoms with Crippen LogP contribution in [0.25, 0.3) is 0 Å². The van der Waals surface area contributed by atoms with Gasteiger partial charge in [-0.2, -0.15) is 18.3 Å². The molecule has 0 radical (unpaired) electrons. The zero-order valence-electron chi connectivity index (χ0n) is 13.0. The van der Waals surface area contributed by atoms with Crippen LogP contribution in [0.4, 0.5) is 22.0 Å². The summed E-state index contributed by atoms with van der Waals surface area (Å²) in [6.07, 6.45) is -4.74. The maximum absolute atomic E-state index is 13.6. The minimum atomic E-state index is -4.59. The smallest absolute Gasteiger partial charge is 0.387 e. The van der Waals surface area contributed by atoms with Gasteiger partial charge in [0.15, 0.2) is 5.69 Å². The van der Waals surface area contributed by atoms with E-state index in [4.69, 9.17) is 0 Å². The number of aromatic nitrogens is 2. The molecule has 1 N–H and O–H groups in total. The number of halogens is 5. The Labute approximate surface area is 135 Å². The second-order valence-electron chi connectivity index (χ2n) is 5.55. The van der Waals surface area contributed by atoms with Gasteiger partial charge >= 0.3 is 6.18 Å². The van der Waals surface area contributed by atoms with Gasteiger partial charge in [0.25, 0.3) is 0 Å². The summed E-state index contributed by atoms with van der Waals surface area (Å²) >= 11 is 0. The molecule has 1 atom stereocenters. The monoisotopic (exact) mass is 349 g/mol. The van der Waals surface area contributed by atoms with E-state index in [1.54, 1.807) is 0 Å². The van der Waals surface area contributed by atoms with Crippen molar-refractivity contribution in [3.63, 3.8) is 0 Å². The topological polar surface area (TPSA) is 41.3 Å². The third kappa shape index (κ3) is 4.30. The first-order chi connectivity index (χ1) is 11.1. The van der Waals surface area contributed by atoms with Gasteiger partial charge in [-0.05, 0) is 25.2 Å². The average Bonchev–Trinajstić information content (AvgIpc) is 2.82. The van der Waals surface area contributed by atoms with Crippen LogP contribution in [-0.4, -0.2) is 33.4 Å². The lowest BCUT2D eigenvalue weighted by Gasteiger charge is -2.21. The second kappa shape index (κ2) is 6.86. The van der Waals surface area contributed by atoms with Crippen LogP contribution < -0.4 is 0 Å². The van der Waals surface area contributed by atoms with Crippen LogP contribution >= 0.6 is 0 Å². The van der Waals surface area contributed by atoms with E-state index in [1.165, 1.54) is 25.2 Å². The van der Waals surface area contributed by atoms with E-state index in [1.807, 2.05) is 0 Å². The van der Waals surface area contributed by atoms with E-state index in [2.05, 4.69) is 5.10 Å². The zero-order valence-corrected chi connectivity index (χ0v) is 13.0. The molecule has 0 amide bonds. The van der Waals surface area contributed by atoms with E-state index < -0.39 is 29.6 Å². The van der Waals surface area contributed by atoms with Gasteiger partial charge in [0, 0.05) is 37.5 Å². The van der Waals surface area contributed by atoms with Gasteiger partial charge in [-0.25, -0.2) is 8.78 Å². The van der Waals surface area contributed by atoms with E-state index >= 15 is 0 Å². The molecule has 0 spiro atoms. The van der Waals surface area contributed by atoms with Gasteiger partial charge in [-0.15, -0.1) is 0 Å². The number of aryl methyl sites for hydroxylation is 1. The minimum Gasteiger partial charge on any atom is -0.387 e. The zero-order chi connectivity index (χ0) is 18.1. The van der Waals surface area contributed by atoms with Crippen LogP contribution in [0.3, 0.4) is 0 Å². The van der Waals surface area contributed by atoms with Crippen molar-refractivity contribution in [2.75, 3.05) is 13.6 Å². The van der Waals surface area contributed by atoms with Gasteiger partial charge < -0.3 is 5.11 Å². The lowest BCUT2D eigenvalue weighted by Crippen LogP contribution is -2.25. The first-order valence-corrected chi connectivity index (χ1v) is 6.99. The molecular formula is C15H16F5N3O. The summed E-state index contributed by atoms with van der Waals surface area (Å²) in [4.78, 5) is 1.38. The van der Waals surface area contributed by atoms with Crippen LogP contribution in [0, 0.1) is 11.6 Å². The normalized spacial score (nSPS) is 13.5. The number of alkyl halides is 3. The molecule has 1 aromatic heterocycles. The van der Waals surface area contributed by atoms with Gasteiger partial charge in [-0.3, -0.25) is 9.58 Å². The van der Waals surface area contributed by atoms with E-state index in [0.29, 0.717) is 0 Å². The first-order valence-electron chi connectivity index (χ1n) is 6.99. The summed E-state index contributed by atoms with van der Waals surface area (Å²) in [5.74, 6) is -1.49. The van der Waals surface area contributed by atoms with Crippen molar-refractivity contribution in [3.05, 3.63) is 52.9 Å². The summed E-state index contributed by atoms with van der Waals surface area (Å²) in [7, 11) is 2.84. The van der Waals surface area contributed by atoms with Crippen molar-refractivity contribution in [1.82, 2.24) is 14.7 Å². The summed E-state index contributed by atoms with van der Waals surface area (Å²) in [6.45, 7) is -0.330. The first kappa shape index (κ1) is 18.3. The molecule has 0 bridgehead atoms. The molecule has 2 rings (SSSR count). The fourth-order valence-electron chi connectivity index (χ4n) is 2.41. The van der Waals surface area contributed by atoms with Crippen molar-refractivity contribution in [2.24, 2.45) is 7.05 Å². The summed E-state index contributed by atoms with van der Waals surface area (Å²) < 4.78 is 66.5. The Kier molecular flexibility index (Phi) is 5.24. The third-order valence-electron chi connectivity index (χ3n) is 3.41. The lowest BCUT2D eigenvalue weighted by molar-refractivity contribution is -0.142. The van der Waals surface area contributed by atoms with Crippen LogP contribution in [0.1, 0.15) is 22.9 Å². The molecule has 1 heterocycles. The summed E-state index contributed by atoms with van der Waals surface area (Å²) in [5, 5.41) is 13.4. The molecule has 0 aliphatic heterocycles. The molecule has 0 saturated heterocycles. The molecule has 132 valence electrons. The van der Waals surface area contributed by atoms with E-state index in [9.17, 15) is 27.1 Å². The standard InChI is InChI=1S/C15H16F5N3O/c1-22(6-9-7-23(2)21-14(9)15(18,19)20)8-13(24)11-5-10(16)3-4-12(11)17/h3-5,7,13,24H,6,8H2,1-2H3. The highest BCUT2D eigenvalue weighted by Gasteiger charge is 2.37. The minimum absolute atomic E-state index is 0.0700. The predicted octanol–water partition coefficient (Wildman–Crippen LogP) is 2.88. The quantitative estimate of drug-likeness (QED) is 0.844. The molecule has 0 aliphatic rings. The highest BCUT2D eigenvalue weighted by Crippen LogP contribution is 2.31. The molecule has 1 aromatic carbocycles. The fourth-order valence-corrected chi connectivity index (χ4v) is 2.41. The van der Waals surface area contributed by atoms with Crippen LogP contribution in [0.15, 0.2) is 24.4 Å². The molecule has 0 aliphatic carbocycles. The van der Waals surface area contributed by atoms with Crippen LogP contribution in [0.5, 0.6) is 0 Å². The molecular weight excluding hydrogens is 333 g/mol. The maximum Gasteiger partial charge on any atom is 0.435 e. The summed E-state index contributed by atoms with van der Waals surface area (Å²) in [6, 6.07) is 2.66. The Hall–Kier alpha value is -2.00. The number of benzene rings is 1. The van der Waals surface area contributed by atoms with Crippen LogP contribution in [0.2, 0.25) is 0 Å². The van der Waals surface area contributed by atoms with Crippen LogP contribution in [-0.2, 0) is 19.8 Å². The Morgan fingerprint density at radius 1 is 1.29 bits per heavy atom. The van der Waals surface area contributed by atoms with Crippen molar-refractivity contribution in [3.8, 4) is 0 Å². The van der Waals surface area contributed by atoms with E-state index in [0.717, 1.165) is 22.9 Å². The Morgan fingerprint density at radius 3 is 2.58 bits per heavy atom. The lowest BCUT2D eigenvalue weighted by atomic mass is 10.1. The number of hydrogen-bond donors (Lipinski definition) is 1. The molecule has 1 unspecified atom stereocenters. The predicted molar refractivity (Wildman–Crippen MR) is 75.9 cm³/mol. The molecule has 0 saturated carbocycles. The van der Waals surface area contributed by atoms with Crippen molar-refractivity contribution < 1.29 is 27.1 Å². The third-order valence-corrected chi connectivity index (χ3v) is 3.41. The Balaban J connectivity index is 2.11. The Morgan fingerprint density at radius 2 is 1.96 bits per heavy atom. The number of hydrogen-bond acceptors (Lipinski definition) is 3. The van der Waals surface area contributed by atoms with Gasteiger partial charge in [0.05, 0.1) is 6.10 Å². The fraction of sp³-hybridized carbons (Fsp3) is 0.400. The number of likely N-dealkylation sites (N-methyl/N-ethyl adjacent to an activating group) is 1. The van der Waals surface area contributed by atoms with Crippen molar-refractivity contribution in [2.45, 2.75) is 18.8 Å². The Bertz CT molecular complexity index is 714. The number of rotatable bonds is 5. The van der Waals surface area contributed by atoms with Gasteiger partial charge in [-0.1, -0.05) is 0 Å². The summed E-state index contributed by atoms with van der Waals surface area (Å²) in [5.41, 5.74) is -1.33. The van der Waals surface area contributed by atoms with Crippen molar-refractivity contribution >= 4 is 0 Å². The highest BCUT2D eigenvalue weighted by molar-refractivity contribution is 5.22. The van der Waals surface area contributed by atoms with Gasteiger partial charge in [0.1, 0.15) is 11.6 Å². The molecule has 0 fully saturated rings. The van der Waals surface area contributed by atoms with Gasteiger partial charge in [0.2, 0.25) is 0 Å². The van der Waals surface area contributed by atoms with Crippen molar-refractivity contribution in [1.29, 1.82) is 0 Å². The number of nitrogens with zero attached hydrogens (tertiary/aromatic N) is 3.